The molecule has 2 amide bonds. The molecule has 12 heteroatoms. The van der Waals surface area contributed by atoms with Crippen LogP contribution in [0.5, 0.6) is 0 Å². The van der Waals surface area contributed by atoms with Crippen LogP contribution in [0.4, 0.5) is 0 Å². The standard InChI is InChI=1S/C20H21N5O5S2/c26-19(15-5-2-8-25(15)20(27)16-6-3-13-30-16)23-9-11-24(12-10-23)32(28,29)17-7-1-4-14-18(17)22-31-21-14/h1,3-4,6-7,13,15H,2,5,8-12H2/t15-/m1/s1. The van der Waals surface area contributed by atoms with Gasteiger partial charge in [0.05, 0.1) is 18.0 Å². The number of amides is 2. The van der Waals surface area contributed by atoms with Crippen LogP contribution in [0.2, 0.25) is 0 Å². The molecular formula is C20H21N5O5S2. The topological polar surface area (TPSA) is 117 Å². The van der Waals surface area contributed by atoms with Gasteiger partial charge in [0, 0.05) is 32.7 Å². The van der Waals surface area contributed by atoms with Crippen LogP contribution in [0.1, 0.15) is 23.4 Å². The van der Waals surface area contributed by atoms with Gasteiger partial charge >= 0.3 is 0 Å². The highest BCUT2D eigenvalue weighted by atomic mass is 32.2. The molecule has 0 spiro atoms. The van der Waals surface area contributed by atoms with Gasteiger partial charge < -0.3 is 14.2 Å². The Morgan fingerprint density at radius 1 is 1.03 bits per heavy atom. The Hall–Kier alpha value is -2.83. The van der Waals surface area contributed by atoms with Gasteiger partial charge in [-0.1, -0.05) is 6.07 Å². The maximum Gasteiger partial charge on any atom is 0.290 e. The van der Waals surface area contributed by atoms with Gasteiger partial charge in [-0.3, -0.25) is 9.59 Å². The number of piperazine rings is 1. The summed E-state index contributed by atoms with van der Waals surface area (Å²) in [5, 5.41) is 0. The Balaban J connectivity index is 1.28. The predicted molar refractivity (Wildman–Crippen MR) is 116 cm³/mol. The minimum Gasteiger partial charge on any atom is -0.459 e. The molecule has 2 aliphatic rings. The molecule has 1 atom stereocenters. The van der Waals surface area contributed by atoms with E-state index in [0.717, 1.165) is 18.1 Å². The highest BCUT2D eigenvalue weighted by Gasteiger charge is 2.39. The van der Waals surface area contributed by atoms with Crippen LogP contribution in [0.3, 0.4) is 0 Å². The van der Waals surface area contributed by atoms with Crippen LogP contribution >= 0.6 is 11.7 Å². The van der Waals surface area contributed by atoms with E-state index < -0.39 is 16.1 Å². The minimum absolute atomic E-state index is 0.134. The van der Waals surface area contributed by atoms with Crippen LogP contribution in [0, 0.1) is 0 Å². The van der Waals surface area contributed by atoms with Crippen molar-refractivity contribution in [3.8, 4) is 0 Å². The zero-order valence-corrected chi connectivity index (χ0v) is 18.7. The van der Waals surface area contributed by atoms with Crippen molar-refractivity contribution in [3.05, 3.63) is 42.4 Å². The fourth-order valence-corrected chi connectivity index (χ4v) is 6.47. The average Bonchev–Trinajstić information content (AvgIpc) is 3.59. The van der Waals surface area contributed by atoms with Gasteiger partial charge in [0.1, 0.15) is 22.0 Å². The smallest absolute Gasteiger partial charge is 0.290 e. The first kappa shape index (κ1) is 21.0. The maximum absolute atomic E-state index is 13.2. The van der Waals surface area contributed by atoms with Crippen molar-refractivity contribution in [2.45, 2.75) is 23.8 Å². The number of aromatic nitrogens is 2. The Kier molecular flexibility index (Phi) is 5.43. The number of sulfonamides is 1. The van der Waals surface area contributed by atoms with Crippen molar-refractivity contribution in [1.82, 2.24) is 22.9 Å². The van der Waals surface area contributed by atoms with Crippen LogP contribution in [-0.2, 0) is 14.8 Å². The number of furan rings is 1. The minimum atomic E-state index is -3.76. The molecule has 4 heterocycles. The molecule has 0 bridgehead atoms. The Bertz CT molecular complexity index is 1250. The Morgan fingerprint density at radius 2 is 1.84 bits per heavy atom. The van der Waals surface area contributed by atoms with Gasteiger partial charge in [0.2, 0.25) is 15.9 Å². The fraction of sp³-hybridized carbons (Fsp3) is 0.400. The SMILES string of the molecule is O=C([C@H]1CCCN1C(=O)c1ccco1)N1CCN(S(=O)(=O)c2cccc3nsnc23)CC1. The van der Waals surface area contributed by atoms with Gasteiger partial charge in [-0.15, -0.1) is 0 Å². The lowest BCUT2D eigenvalue weighted by molar-refractivity contribution is -0.136. The molecule has 3 aromatic rings. The van der Waals surface area contributed by atoms with E-state index in [1.165, 1.54) is 16.6 Å². The number of hydrogen-bond acceptors (Lipinski definition) is 8. The molecule has 2 aromatic heterocycles. The van der Waals surface area contributed by atoms with E-state index in [1.54, 1.807) is 34.1 Å². The van der Waals surface area contributed by atoms with E-state index >= 15 is 0 Å². The molecule has 0 radical (unpaired) electrons. The van der Waals surface area contributed by atoms with E-state index in [9.17, 15) is 18.0 Å². The molecule has 2 saturated heterocycles. The molecule has 32 heavy (non-hydrogen) atoms. The molecule has 1 aromatic carbocycles. The van der Waals surface area contributed by atoms with Gasteiger partial charge in [-0.05, 0) is 37.1 Å². The third-order valence-corrected chi connectivity index (χ3v) is 8.42. The first-order valence-electron chi connectivity index (χ1n) is 10.3. The normalized spacial score (nSPS) is 20.2. The summed E-state index contributed by atoms with van der Waals surface area (Å²) in [4.78, 5) is 29.2. The summed E-state index contributed by atoms with van der Waals surface area (Å²) in [6.07, 6.45) is 2.76. The van der Waals surface area contributed by atoms with Gasteiger partial charge in [0.15, 0.2) is 5.76 Å². The second-order valence-electron chi connectivity index (χ2n) is 7.75. The largest absolute Gasteiger partial charge is 0.459 e. The van der Waals surface area contributed by atoms with Crippen LogP contribution < -0.4 is 0 Å². The number of likely N-dealkylation sites (tertiary alicyclic amines) is 1. The van der Waals surface area contributed by atoms with Crippen molar-refractivity contribution in [3.63, 3.8) is 0 Å². The van der Waals surface area contributed by atoms with Crippen molar-refractivity contribution in [1.29, 1.82) is 0 Å². The molecule has 0 unspecified atom stereocenters. The summed E-state index contributed by atoms with van der Waals surface area (Å²) >= 11 is 0.975. The molecule has 168 valence electrons. The predicted octanol–water partition coefficient (Wildman–Crippen LogP) is 1.42. The number of hydrogen-bond donors (Lipinski definition) is 0. The van der Waals surface area contributed by atoms with E-state index in [-0.39, 0.29) is 48.6 Å². The zero-order valence-electron chi connectivity index (χ0n) is 17.1. The van der Waals surface area contributed by atoms with Crippen LogP contribution in [-0.4, -0.2) is 81.8 Å². The average molecular weight is 476 g/mol. The summed E-state index contributed by atoms with van der Waals surface area (Å²) in [6.45, 7) is 1.39. The molecule has 2 aliphatic heterocycles. The van der Waals surface area contributed by atoms with E-state index in [2.05, 4.69) is 8.75 Å². The lowest BCUT2D eigenvalue weighted by atomic mass is 10.1. The van der Waals surface area contributed by atoms with Crippen molar-refractivity contribution in [2.24, 2.45) is 0 Å². The quantitative estimate of drug-likeness (QED) is 0.560. The Morgan fingerprint density at radius 3 is 2.59 bits per heavy atom. The van der Waals surface area contributed by atoms with Gasteiger partial charge in [-0.25, -0.2) is 8.42 Å². The monoisotopic (exact) mass is 475 g/mol. The fourth-order valence-electron chi connectivity index (χ4n) is 4.30. The third kappa shape index (κ3) is 3.57. The number of carbonyl (C=O) groups is 2. The Labute approximate surface area is 188 Å². The third-order valence-electron chi connectivity index (χ3n) is 5.95. The highest BCUT2D eigenvalue weighted by Crippen LogP contribution is 2.26. The summed E-state index contributed by atoms with van der Waals surface area (Å²) in [5.74, 6) is -0.228. The van der Waals surface area contributed by atoms with Gasteiger partial charge in [0.25, 0.3) is 5.91 Å². The van der Waals surface area contributed by atoms with E-state index in [4.69, 9.17) is 4.42 Å². The summed E-state index contributed by atoms with van der Waals surface area (Å²) < 4.78 is 41.2. The summed E-state index contributed by atoms with van der Waals surface area (Å²) in [7, 11) is -3.76. The second-order valence-corrected chi connectivity index (χ2v) is 10.2. The molecule has 5 rings (SSSR count). The molecule has 0 saturated carbocycles. The molecular weight excluding hydrogens is 454 g/mol. The van der Waals surface area contributed by atoms with Crippen LogP contribution in [0.25, 0.3) is 11.0 Å². The maximum atomic E-state index is 13.2. The second kappa shape index (κ2) is 8.26. The molecule has 0 N–H and O–H groups in total. The first-order chi connectivity index (χ1) is 15.5. The van der Waals surface area contributed by atoms with E-state index in [0.29, 0.717) is 24.0 Å². The highest BCUT2D eigenvalue weighted by molar-refractivity contribution is 7.89. The summed E-state index contributed by atoms with van der Waals surface area (Å²) in [5.41, 5.74) is 0.918. The lowest BCUT2D eigenvalue weighted by Crippen LogP contribution is -2.55. The van der Waals surface area contributed by atoms with Crippen molar-refractivity contribution in [2.75, 3.05) is 32.7 Å². The number of nitrogens with zero attached hydrogens (tertiary/aromatic N) is 5. The number of benzene rings is 1. The lowest BCUT2D eigenvalue weighted by Gasteiger charge is -2.36. The first-order valence-corrected chi connectivity index (χ1v) is 12.5. The van der Waals surface area contributed by atoms with Crippen molar-refractivity contribution >= 4 is 44.6 Å². The molecule has 0 aliphatic carbocycles. The van der Waals surface area contributed by atoms with Gasteiger partial charge in [-0.2, -0.15) is 13.1 Å². The zero-order chi connectivity index (χ0) is 22.3. The van der Waals surface area contributed by atoms with Crippen LogP contribution in [0.15, 0.2) is 45.9 Å². The number of fused-ring (bicyclic) bond motifs is 1. The molecule has 2 fully saturated rings. The summed E-state index contributed by atoms with van der Waals surface area (Å²) in [6, 6.07) is 7.59. The number of carbonyl (C=O) groups excluding carboxylic acids is 2. The van der Waals surface area contributed by atoms with E-state index in [1.807, 2.05) is 0 Å². The number of rotatable bonds is 4. The molecule has 10 nitrogen and oxygen atoms in total. The van der Waals surface area contributed by atoms with Crippen molar-refractivity contribution < 1.29 is 22.4 Å².